The van der Waals surface area contributed by atoms with Gasteiger partial charge in [0.15, 0.2) is 0 Å². The van der Waals surface area contributed by atoms with E-state index >= 15 is 0 Å². The Balaban J connectivity index is 2.40. The second-order valence-corrected chi connectivity index (χ2v) is 5.39. The highest BCUT2D eigenvalue weighted by molar-refractivity contribution is 5.29. The second-order valence-electron chi connectivity index (χ2n) is 5.39. The zero-order chi connectivity index (χ0) is 15.5. The zero-order valence-corrected chi connectivity index (χ0v) is 12.4. The predicted molar refractivity (Wildman–Crippen MR) is 78.5 cm³/mol. The summed E-state index contributed by atoms with van der Waals surface area (Å²) in [5.74, 6) is -0.377. The molecule has 2 rings (SSSR count). The first-order valence-electron chi connectivity index (χ1n) is 7.04. The summed E-state index contributed by atoms with van der Waals surface area (Å²) in [6, 6.07) is 7.99. The highest BCUT2D eigenvalue weighted by Gasteiger charge is 2.33. The molecule has 1 heterocycles. The molecule has 0 bridgehead atoms. The largest absolute Gasteiger partial charge is 0.395 e. The van der Waals surface area contributed by atoms with Crippen LogP contribution in [-0.4, -0.2) is 33.2 Å². The third kappa shape index (κ3) is 3.14. The van der Waals surface area contributed by atoms with E-state index in [0.29, 0.717) is 12.0 Å². The molecule has 0 aliphatic carbocycles. The van der Waals surface area contributed by atoms with Crippen LogP contribution in [0.1, 0.15) is 23.9 Å². The van der Waals surface area contributed by atoms with Crippen LogP contribution in [-0.2, 0) is 25.3 Å². The topological polar surface area (TPSA) is 58.3 Å². The Bertz CT molecular complexity index is 606. The summed E-state index contributed by atoms with van der Waals surface area (Å²) in [4.78, 5) is 0. The van der Waals surface area contributed by atoms with Crippen LogP contribution in [0.5, 0.6) is 0 Å². The molecule has 5 heteroatoms. The lowest BCUT2D eigenvalue weighted by Crippen LogP contribution is -2.38. The van der Waals surface area contributed by atoms with Gasteiger partial charge in [-0.25, -0.2) is 4.39 Å². The first kappa shape index (κ1) is 15.7. The highest BCUT2D eigenvalue weighted by Crippen LogP contribution is 2.28. The van der Waals surface area contributed by atoms with Gasteiger partial charge >= 0.3 is 0 Å². The lowest BCUT2D eigenvalue weighted by Gasteiger charge is -2.30. The summed E-state index contributed by atoms with van der Waals surface area (Å²) < 4.78 is 15.2. The van der Waals surface area contributed by atoms with Crippen molar-refractivity contribution in [3.63, 3.8) is 0 Å². The van der Waals surface area contributed by atoms with Crippen molar-refractivity contribution < 1.29 is 14.6 Å². The van der Waals surface area contributed by atoms with Crippen molar-refractivity contribution in [3.8, 4) is 0 Å². The number of aryl methyl sites for hydroxylation is 2. The number of benzene rings is 1. The first-order chi connectivity index (χ1) is 10.0. The summed E-state index contributed by atoms with van der Waals surface area (Å²) in [7, 11) is 1.83. The van der Waals surface area contributed by atoms with Crippen LogP contribution in [0.25, 0.3) is 0 Å². The quantitative estimate of drug-likeness (QED) is 0.850. The third-order valence-electron chi connectivity index (χ3n) is 3.95. The van der Waals surface area contributed by atoms with E-state index in [1.807, 2.05) is 20.0 Å². The minimum Gasteiger partial charge on any atom is -0.395 e. The van der Waals surface area contributed by atoms with Crippen LogP contribution in [0.2, 0.25) is 0 Å². The molecule has 1 aromatic heterocycles. The first-order valence-corrected chi connectivity index (χ1v) is 7.04. The van der Waals surface area contributed by atoms with E-state index < -0.39 is 5.41 Å². The smallest absolute Gasteiger partial charge is 0.123 e. The van der Waals surface area contributed by atoms with Crippen molar-refractivity contribution in [2.45, 2.75) is 25.2 Å². The van der Waals surface area contributed by atoms with Crippen molar-refractivity contribution in [1.29, 1.82) is 0 Å². The van der Waals surface area contributed by atoms with Crippen LogP contribution in [0.15, 0.2) is 30.3 Å². The fraction of sp³-hybridized carbons (Fsp3) is 0.438. The molecule has 0 atom stereocenters. The average molecular weight is 292 g/mol. The number of halogens is 1. The van der Waals surface area contributed by atoms with E-state index in [1.54, 1.807) is 16.8 Å². The van der Waals surface area contributed by atoms with Gasteiger partial charge in [-0.3, -0.25) is 4.68 Å². The summed E-state index contributed by atoms with van der Waals surface area (Å²) in [5, 5.41) is 24.0. The molecule has 0 aliphatic rings. The molecule has 0 aliphatic heterocycles. The van der Waals surface area contributed by atoms with Crippen LogP contribution in [0.4, 0.5) is 4.39 Å². The number of aliphatic hydroxyl groups excluding tert-OH is 2. The molecule has 0 spiro atoms. The summed E-state index contributed by atoms with van der Waals surface area (Å²) in [6.45, 7) is 1.49. The molecule has 1 aromatic carbocycles. The molecule has 2 N–H and O–H groups in total. The molecule has 0 radical (unpaired) electrons. The van der Waals surface area contributed by atoms with Crippen LogP contribution in [0.3, 0.4) is 0 Å². The average Bonchev–Trinajstić information content (AvgIpc) is 2.85. The van der Waals surface area contributed by atoms with E-state index in [0.717, 1.165) is 17.8 Å². The van der Waals surface area contributed by atoms with Gasteiger partial charge in [-0.05, 0) is 30.2 Å². The van der Waals surface area contributed by atoms with Gasteiger partial charge in [0.25, 0.3) is 0 Å². The Labute approximate surface area is 123 Å². The number of aliphatic hydroxyl groups is 2. The maximum absolute atomic E-state index is 13.5. The van der Waals surface area contributed by atoms with Gasteiger partial charge in [0.2, 0.25) is 0 Å². The summed E-state index contributed by atoms with van der Waals surface area (Å²) in [6.07, 6.45) is 1.21. The van der Waals surface area contributed by atoms with E-state index in [2.05, 4.69) is 5.10 Å². The monoisotopic (exact) mass is 292 g/mol. The van der Waals surface area contributed by atoms with E-state index in [9.17, 15) is 14.6 Å². The van der Waals surface area contributed by atoms with Gasteiger partial charge in [-0.2, -0.15) is 5.10 Å². The predicted octanol–water partition coefficient (Wildman–Crippen LogP) is 1.59. The van der Waals surface area contributed by atoms with Crippen LogP contribution >= 0.6 is 0 Å². The van der Waals surface area contributed by atoms with E-state index in [4.69, 9.17) is 0 Å². The number of aromatic nitrogens is 2. The number of hydrogen-bond acceptors (Lipinski definition) is 3. The summed E-state index contributed by atoms with van der Waals surface area (Å²) >= 11 is 0. The Morgan fingerprint density at radius 3 is 2.48 bits per heavy atom. The van der Waals surface area contributed by atoms with Crippen molar-refractivity contribution in [2.75, 3.05) is 13.2 Å². The van der Waals surface area contributed by atoms with E-state index in [-0.39, 0.29) is 19.0 Å². The van der Waals surface area contributed by atoms with Crippen molar-refractivity contribution >= 4 is 0 Å². The minimum absolute atomic E-state index is 0.264. The normalized spacial score (nSPS) is 11.9. The second kappa shape index (κ2) is 6.37. The fourth-order valence-electron chi connectivity index (χ4n) is 2.52. The van der Waals surface area contributed by atoms with Crippen molar-refractivity contribution in [1.82, 2.24) is 9.78 Å². The molecule has 21 heavy (non-hydrogen) atoms. The molecule has 0 amide bonds. The van der Waals surface area contributed by atoms with Crippen molar-refractivity contribution in [3.05, 3.63) is 53.1 Å². The van der Waals surface area contributed by atoms with Gasteiger partial charge < -0.3 is 10.2 Å². The molecular formula is C16H21FN2O2. The zero-order valence-electron chi connectivity index (χ0n) is 12.4. The van der Waals surface area contributed by atoms with E-state index in [1.165, 1.54) is 12.1 Å². The standard InChI is InChI=1S/C16H21FN2O2/c1-3-14-8-15(19(2)18-14)9-16(10-20,11-21)12-5-4-6-13(17)7-12/h4-8,20-21H,3,9-11H2,1-2H3. The van der Waals surface area contributed by atoms with Crippen LogP contribution < -0.4 is 0 Å². The van der Waals surface area contributed by atoms with Crippen LogP contribution in [0, 0.1) is 5.82 Å². The maximum atomic E-state index is 13.5. The molecule has 0 unspecified atom stereocenters. The SMILES string of the molecule is CCc1cc(CC(CO)(CO)c2cccc(F)c2)n(C)n1. The Morgan fingerprint density at radius 2 is 1.95 bits per heavy atom. The van der Waals surface area contributed by atoms with Gasteiger partial charge in [-0.15, -0.1) is 0 Å². The Kier molecular flexibility index (Phi) is 4.75. The van der Waals surface area contributed by atoms with Gasteiger partial charge in [-0.1, -0.05) is 19.1 Å². The lowest BCUT2D eigenvalue weighted by atomic mass is 9.78. The maximum Gasteiger partial charge on any atom is 0.123 e. The van der Waals surface area contributed by atoms with Gasteiger partial charge in [0, 0.05) is 24.6 Å². The van der Waals surface area contributed by atoms with Gasteiger partial charge in [0.05, 0.1) is 18.9 Å². The molecule has 0 saturated heterocycles. The Morgan fingerprint density at radius 1 is 1.24 bits per heavy atom. The Hall–Kier alpha value is -1.72. The fourth-order valence-corrected chi connectivity index (χ4v) is 2.52. The molecular weight excluding hydrogens is 271 g/mol. The third-order valence-corrected chi connectivity index (χ3v) is 3.95. The van der Waals surface area contributed by atoms with Crippen molar-refractivity contribution in [2.24, 2.45) is 7.05 Å². The number of nitrogens with zero attached hydrogens (tertiary/aromatic N) is 2. The lowest BCUT2D eigenvalue weighted by molar-refractivity contribution is 0.114. The molecule has 0 fully saturated rings. The highest BCUT2D eigenvalue weighted by atomic mass is 19.1. The number of rotatable bonds is 6. The molecule has 2 aromatic rings. The molecule has 0 saturated carbocycles. The molecule has 114 valence electrons. The minimum atomic E-state index is -0.916. The molecule has 4 nitrogen and oxygen atoms in total. The van der Waals surface area contributed by atoms with Gasteiger partial charge in [0.1, 0.15) is 5.82 Å². The summed E-state index contributed by atoms with van der Waals surface area (Å²) in [5.41, 5.74) is 1.53. The number of hydrogen-bond donors (Lipinski definition) is 2.